The Kier molecular flexibility index (Phi) is 7.49. The first-order chi connectivity index (χ1) is 15.5. The van der Waals surface area contributed by atoms with E-state index in [1.807, 2.05) is 12.1 Å². The number of methoxy groups -OCH3 is 1. The van der Waals surface area contributed by atoms with Crippen LogP contribution in [0.1, 0.15) is 42.5 Å². The number of piperazine rings is 1. The van der Waals surface area contributed by atoms with E-state index in [9.17, 15) is 0 Å². The highest BCUT2D eigenvalue weighted by atomic mass is 35.5. The molecule has 4 rings (SSSR count). The van der Waals surface area contributed by atoms with Crippen molar-refractivity contribution in [2.75, 3.05) is 51.4 Å². The molecule has 2 fully saturated rings. The monoisotopic (exact) mass is 458 g/mol. The third-order valence-corrected chi connectivity index (χ3v) is 7.35. The van der Waals surface area contributed by atoms with E-state index in [-0.39, 0.29) is 6.10 Å². The molecule has 2 aliphatic rings. The second-order valence-electron chi connectivity index (χ2n) is 8.87. The molecule has 0 aliphatic carbocycles. The predicted octanol–water partition coefficient (Wildman–Crippen LogP) is 5.41. The lowest BCUT2D eigenvalue weighted by atomic mass is 9.96. The normalized spacial score (nSPS) is 20.4. The topological polar surface area (TPSA) is 34.2 Å². The summed E-state index contributed by atoms with van der Waals surface area (Å²) < 4.78 is 17.2. The zero-order valence-corrected chi connectivity index (χ0v) is 20.5. The summed E-state index contributed by atoms with van der Waals surface area (Å²) in [4.78, 5) is 4.97. The molecule has 0 radical (unpaired) electrons. The zero-order valence-electron chi connectivity index (χ0n) is 19.7. The van der Waals surface area contributed by atoms with E-state index < -0.39 is 0 Å². The standard InChI is InChI=1S/C26H35ClN2O3/c1-18-19(2)25(32-17-22-6-5-15-31-22)10-8-23(18)20(3)28-11-13-29(14-12-28)21-7-9-24(27)26(16-21)30-4/h7-10,16,20,22H,5-6,11-15,17H2,1-4H3. The van der Waals surface area contributed by atoms with Crippen LogP contribution in [0, 0.1) is 13.8 Å². The Labute approximate surface area is 197 Å². The van der Waals surface area contributed by atoms with E-state index in [1.54, 1.807) is 7.11 Å². The molecule has 2 aliphatic heterocycles. The Morgan fingerprint density at radius 3 is 2.53 bits per heavy atom. The molecule has 0 bridgehead atoms. The maximum atomic E-state index is 6.19. The quantitative estimate of drug-likeness (QED) is 0.554. The maximum absolute atomic E-state index is 6.19. The van der Waals surface area contributed by atoms with Crippen molar-refractivity contribution >= 4 is 17.3 Å². The van der Waals surface area contributed by atoms with Gasteiger partial charge in [-0.15, -0.1) is 0 Å². The number of halogens is 1. The van der Waals surface area contributed by atoms with Crippen LogP contribution in [0.5, 0.6) is 11.5 Å². The van der Waals surface area contributed by atoms with Gasteiger partial charge in [-0.25, -0.2) is 0 Å². The third kappa shape index (κ3) is 5.00. The molecule has 0 amide bonds. The summed E-state index contributed by atoms with van der Waals surface area (Å²) in [6.07, 6.45) is 2.48. The molecule has 32 heavy (non-hydrogen) atoms. The van der Waals surface area contributed by atoms with Gasteiger partial charge in [-0.3, -0.25) is 4.90 Å². The highest BCUT2D eigenvalue weighted by molar-refractivity contribution is 6.32. The van der Waals surface area contributed by atoms with Crippen LogP contribution in [-0.2, 0) is 4.74 Å². The fraction of sp³-hybridized carbons (Fsp3) is 0.538. The van der Waals surface area contributed by atoms with Gasteiger partial charge in [-0.1, -0.05) is 17.7 Å². The molecule has 6 heteroatoms. The Balaban J connectivity index is 1.38. The lowest BCUT2D eigenvalue weighted by molar-refractivity contribution is 0.0677. The number of anilines is 1. The summed E-state index contributed by atoms with van der Waals surface area (Å²) in [6, 6.07) is 10.8. The van der Waals surface area contributed by atoms with Gasteiger partial charge in [-0.05, 0) is 68.5 Å². The minimum Gasteiger partial charge on any atom is -0.495 e. The van der Waals surface area contributed by atoms with Crippen LogP contribution in [0.2, 0.25) is 5.02 Å². The van der Waals surface area contributed by atoms with E-state index >= 15 is 0 Å². The number of nitrogens with zero attached hydrogens (tertiary/aromatic N) is 2. The molecule has 174 valence electrons. The molecule has 0 spiro atoms. The minimum atomic E-state index is 0.241. The average molecular weight is 459 g/mol. The molecule has 2 atom stereocenters. The van der Waals surface area contributed by atoms with Crippen molar-refractivity contribution in [2.45, 2.75) is 45.8 Å². The van der Waals surface area contributed by atoms with Gasteiger partial charge in [0.2, 0.25) is 0 Å². The van der Waals surface area contributed by atoms with Crippen LogP contribution in [0.25, 0.3) is 0 Å². The van der Waals surface area contributed by atoms with E-state index in [1.165, 1.54) is 22.4 Å². The first-order valence-corrected chi connectivity index (χ1v) is 12.0. The van der Waals surface area contributed by atoms with Gasteiger partial charge >= 0.3 is 0 Å². The summed E-state index contributed by atoms with van der Waals surface area (Å²) in [7, 11) is 1.66. The zero-order chi connectivity index (χ0) is 22.7. The fourth-order valence-electron chi connectivity index (χ4n) is 4.79. The Morgan fingerprint density at radius 2 is 1.84 bits per heavy atom. The highest BCUT2D eigenvalue weighted by Gasteiger charge is 2.25. The summed E-state index contributed by atoms with van der Waals surface area (Å²) in [6.45, 7) is 12.2. The lowest BCUT2D eigenvalue weighted by Crippen LogP contribution is -2.47. The second kappa shape index (κ2) is 10.3. The molecule has 2 aromatic carbocycles. The van der Waals surface area contributed by atoms with Crippen molar-refractivity contribution in [2.24, 2.45) is 0 Å². The van der Waals surface area contributed by atoms with Crippen molar-refractivity contribution in [3.63, 3.8) is 0 Å². The molecule has 2 heterocycles. The van der Waals surface area contributed by atoms with Crippen molar-refractivity contribution in [1.82, 2.24) is 4.90 Å². The van der Waals surface area contributed by atoms with Crippen LogP contribution in [0.15, 0.2) is 30.3 Å². The first kappa shape index (κ1) is 23.2. The fourth-order valence-corrected chi connectivity index (χ4v) is 4.99. The number of benzene rings is 2. The Bertz CT molecular complexity index is 922. The van der Waals surface area contributed by atoms with Gasteiger partial charge < -0.3 is 19.1 Å². The average Bonchev–Trinajstić information content (AvgIpc) is 3.34. The van der Waals surface area contributed by atoms with Gasteiger partial charge in [0.15, 0.2) is 0 Å². The van der Waals surface area contributed by atoms with Crippen molar-refractivity contribution < 1.29 is 14.2 Å². The molecular weight excluding hydrogens is 424 g/mol. The number of hydrogen-bond donors (Lipinski definition) is 0. The largest absolute Gasteiger partial charge is 0.495 e. The van der Waals surface area contributed by atoms with Crippen molar-refractivity contribution in [1.29, 1.82) is 0 Å². The smallest absolute Gasteiger partial charge is 0.139 e. The van der Waals surface area contributed by atoms with Gasteiger partial charge in [0.05, 0.1) is 18.2 Å². The van der Waals surface area contributed by atoms with E-state index in [2.05, 4.69) is 48.8 Å². The van der Waals surface area contributed by atoms with E-state index in [4.69, 9.17) is 25.8 Å². The lowest BCUT2D eigenvalue weighted by Gasteiger charge is -2.40. The number of ether oxygens (including phenoxy) is 3. The van der Waals surface area contributed by atoms with Gasteiger partial charge in [-0.2, -0.15) is 0 Å². The summed E-state index contributed by atoms with van der Waals surface area (Å²) >= 11 is 6.19. The van der Waals surface area contributed by atoms with Crippen LogP contribution < -0.4 is 14.4 Å². The predicted molar refractivity (Wildman–Crippen MR) is 131 cm³/mol. The second-order valence-corrected chi connectivity index (χ2v) is 9.27. The molecular formula is C26H35ClN2O3. The Hall–Kier alpha value is -1.95. The Morgan fingerprint density at radius 1 is 1.06 bits per heavy atom. The van der Waals surface area contributed by atoms with Gasteiger partial charge in [0, 0.05) is 50.6 Å². The molecule has 0 aromatic heterocycles. The van der Waals surface area contributed by atoms with Gasteiger partial charge in [0.25, 0.3) is 0 Å². The van der Waals surface area contributed by atoms with E-state index in [0.717, 1.165) is 57.1 Å². The SMILES string of the molecule is COc1cc(N2CCN(C(C)c3ccc(OCC4CCCO4)c(C)c3C)CC2)ccc1Cl. The van der Waals surface area contributed by atoms with Crippen LogP contribution in [0.3, 0.4) is 0 Å². The molecule has 0 saturated carbocycles. The van der Waals surface area contributed by atoms with E-state index in [0.29, 0.717) is 17.7 Å². The highest BCUT2D eigenvalue weighted by Crippen LogP contribution is 2.33. The summed E-state index contributed by atoms with van der Waals surface area (Å²) in [5.41, 5.74) is 5.11. The maximum Gasteiger partial charge on any atom is 0.139 e. The number of rotatable bonds is 7. The van der Waals surface area contributed by atoms with Gasteiger partial charge in [0.1, 0.15) is 18.1 Å². The molecule has 5 nitrogen and oxygen atoms in total. The van der Waals surface area contributed by atoms with Crippen molar-refractivity contribution in [3.05, 3.63) is 52.0 Å². The number of hydrogen-bond acceptors (Lipinski definition) is 5. The minimum absolute atomic E-state index is 0.241. The van der Waals surface area contributed by atoms with Crippen LogP contribution in [0.4, 0.5) is 5.69 Å². The van der Waals surface area contributed by atoms with Crippen molar-refractivity contribution in [3.8, 4) is 11.5 Å². The molecule has 2 saturated heterocycles. The van der Waals surface area contributed by atoms with Crippen LogP contribution >= 0.6 is 11.6 Å². The summed E-state index contributed by atoms with van der Waals surface area (Å²) in [5, 5.41) is 0.651. The molecule has 2 aromatic rings. The third-order valence-electron chi connectivity index (χ3n) is 7.04. The van der Waals surface area contributed by atoms with Crippen LogP contribution in [-0.4, -0.2) is 57.5 Å². The first-order valence-electron chi connectivity index (χ1n) is 11.6. The molecule has 2 unspecified atom stereocenters. The molecule has 0 N–H and O–H groups in total. The summed E-state index contributed by atoms with van der Waals surface area (Å²) in [5.74, 6) is 1.71.